The second-order valence-electron chi connectivity index (χ2n) is 7.27. The average molecular weight is 383 g/mol. The van der Waals surface area contributed by atoms with Crippen LogP contribution in [0.4, 0.5) is 11.6 Å². The van der Waals surface area contributed by atoms with Crippen LogP contribution in [-0.2, 0) is 6.54 Å². The molecule has 1 aliphatic rings. The fraction of sp³-hybridized carbons (Fsp3) is 0.389. The average Bonchev–Trinajstić information content (AvgIpc) is 3.36. The van der Waals surface area contributed by atoms with Gasteiger partial charge in [0.05, 0.1) is 6.20 Å². The third-order valence-electron chi connectivity index (χ3n) is 4.36. The van der Waals surface area contributed by atoms with E-state index in [9.17, 15) is 14.7 Å². The van der Waals surface area contributed by atoms with Gasteiger partial charge < -0.3 is 15.7 Å². The van der Waals surface area contributed by atoms with Gasteiger partial charge in [0, 0.05) is 31.0 Å². The van der Waals surface area contributed by atoms with E-state index in [2.05, 4.69) is 25.7 Å². The highest BCUT2D eigenvalue weighted by Crippen LogP contribution is 2.24. The lowest BCUT2D eigenvalue weighted by molar-refractivity contribution is 0.0944. The third kappa shape index (κ3) is 3.40. The summed E-state index contributed by atoms with van der Waals surface area (Å²) in [6.07, 6.45) is 6.36. The molecule has 1 aliphatic carbocycles. The monoisotopic (exact) mass is 383 g/mol. The van der Waals surface area contributed by atoms with Crippen molar-refractivity contribution in [3.63, 3.8) is 0 Å². The van der Waals surface area contributed by atoms with E-state index in [0.29, 0.717) is 23.8 Å². The third-order valence-corrected chi connectivity index (χ3v) is 4.36. The van der Waals surface area contributed by atoms with Gasteiger partial charge in [0.1, 0.15) is 11.5 Å². The maximum atomic E-state index is 12.9. The first kappa shape index (κ1) is 18.0. The van der Waals surface area contributed by atoms with Crippen LogP contribution >= 0.6 is 0 Å². The maximum absolute atomic E-state index is 12.9. The van der Waals surface area contributed by atoms with Gasteiger partial charge >= 0.3 is 0 Å². The number of hydrogen-bond acceptors (Lipinski definition) is 7. The van der Waals surface area contributed by atoms with Gasteiger partial charge in [-0.3, -0.25) is 19.1 Å². The maximum Gasteiger partial charge on any atom is 0.291 e. The zero-order valence-electron chi connectivity index (χ0n) is 15.6. The van der Waals surface area contributed by atoms with Crippen LogP contribution in [0, 0.1) is 5.92 Å². The zero-order chi connectivity index (χ0) is 19.8. The van der Waals surface area contributed by atoms with Crippen molar-refractivity contribution in [3.8, 4) is 5.88 Å². The molecule has 0 saturated heterocycles. The van der Waals surface area contributed by atoms with E-state index >= 15 is 0 Å². The Labute approximate surface area is 160 Å². The molecule has 0 bridgehead atoms. The molecule has 10 heteroatoms. The van der Waals surface area contributed by atoms with Gasteiger partial charge in [0.2, 0.25) is 5.88 Å². The Balaban J connectivity index is 1.83. The summed E-state index contributed by atoms with van der Waals surface area (Å²) in [6.45, 7) is 4.37. The quantitative estimate of drug-likeness (QED) is 0.585. The summed E-state index contributed by atoms with van der Waals surface area (Å²) < 4.78 is 2.66. The van der Waals surface area contributed by atoms with Gasteiger partial charge in [-0.15, -0.1) is 5.10 Å². The Bertz CT molecular complexity index is 1080. The number of carbonyl (C=O) groups excluding carboxylic acids is 1. The minimum atomic E-state index is -0.669. The van der Waals surface area contributed by atoms with Crippen molar-refractivity contribution in [2.45, 2.75) is 39.3 Å². The van der Waals surface area contributed by atoms with Crippen LogP contribution in [0.5, 0.6) is 5.88 Å². The standard InChI is InChI=1S/C18H21N7O3/c1-10(2)9-24-14-7-12(22-13-8-19-5-6-20-13)23-25(14)18(28)15(17(24)27)16(26)21-11-3-4-11/h5-8,10-11,27H,3-4,9H2,1-2H3,(H,21,26)(H,20,22,23). The number of aromatic hydroxyl groups is 1. The molecule has 0 unspecified atom stereocenters. The van der Waals surface area contributed by atoms with Gasteiger partial charge in [0.15, 0.2) is 11.4 Å². The van der Waals surface area contributed by atoms with Crippen LogP contribution < -0.4 is 16.2 Å². The fourth-order valence-corrected chi connectivity index (χ4v) is 2.94. The molecule has 0 spiro atoms. The lowest BCUT2D eigenvalue weighted by Crippen LogP contribution is -2.34. The minimum Gasteiger partial charge on any atom is -0.494 e. The molecular formula is C18H21N7O3. The van der Waals surface area contributed by atoms with Gasteiger partial charge in [-0.1, -0.05) is 13.8 Å². The van der Waals surface area contributed by atoms with Crippen molar-refractivity contribution in [1.29, 1.82) is 0 Å². The van der Waals surface area contributed by atoms with E-state index in [-0.39, 0.29) is 23.4 Å². The summed E-state index contributed by atoms with van der Waals surface area (Å²) in [5.41, 5.74) is -0.586. The highest BCUT2D eigenvalue weighted by Gasteiger charge is 2.29. The second kappa shape index (κ2) is 6.95. The predicted octanol–water partition coefficient (Wildman–Crippen LogP) is 1.28. The van der Waals surface area contributed by atoms with Crippen molar-refractivity contribution in [2.24, 2.45) is 5.92 Å². The molecule has 0 radical (unpaired) electrons. The highest BCUT2D eigenvalue weighted by molar-refractivity contribution is 5.96. The summed E-state index contributed by atoms with van der Waals surface area (Å²) in [4.78, 5) is 33.6. The molecule has 1 fully saturated rings. The largest absolute Gasteiger partial charge is 0.494 e. The molecule has 0 aliphatic heterocycles. The molecule has 1 amide bonds. The van der Waals surface area contributed by atoms with E-state index in [4.69, 9.17) is 0 Å². The molecule has 0 aromatic carbocycles. The Morgan fingerprint density at radius 1 is 1.32 bits per heavy atom. The van der Waals surface area contributed by atoms with E-state index < -0.39 is 11.5 Å². The Morgan fingerprint density at radius 3 is 2.75 bits per heavy atom. The van der Waals surface area contributed by atoms with Crippen molar-refractivity contribution in [1.82, 2.24) is 29.5 Å². The van der Waals surface area contributed by atoms with Crippen LogP contribution in [0.2, 0.25) is 0 Å². The van der Waals surface area contributed by atoms with Crippen LogP contribution in [0.15, 0.2) is 29.5 Å². The molecule has 146 valence electrons. The number of nitrogens with zero attached hydrogens (tertiary/aromatic N) is 5. The summed E-state index contributed by atoms with van der Waals surface area (Å²) in [6, 6.07) is 1.69. The summed E-state index contributed by atoms with van der Waals surface area (Å²) in [5, 5.41) is 20.7. The Hall–Kier alpha value is -3.43. The van der Waals surface area contributed by atoms with Gasteiger partial charge in [-0.05, 0) is 18.8 Å². The van der Waals surface area contributed by atoms with Crippen molar-refractivity contribution >= 4 is 23.2 Å². The molecule has 3 heterocycles. The van der Waals surface area contributed by atoms with Crippen LogP contribution in [0.1, 0.15) is 37.0 Å². The van der Waals surface area contributed by atoms with Crippen LogP contribution in [0.3, 0.4) is 0 Å². The SMILES string of the molecule is CC(C)Cn1c(O)c(C(=O)NC2CC2)c(=O)n2nc(Nc3cnccn3)cc12. The number of aromatic nitrogens is 5. The van der Waals surface area contributed by atoms with E-state index in [0.717, 1.165) is 17.4 Å². The van der Waals surface area contributed by atoms with Gasteiger partial charge in [0.25, 0.3) is 11.5 Å². The smallest absolute Gasteiger partial charge is 0.291 e. The van der Waals surface area contributed by atoms with E-state index in [1.807, 2.05) is 13.8 Å². The lowest BCUT2D eigenvalue weighted by atomic mass is 10.2. The van der Waals surface area contributed by atoms with Gasteiger partial charge in [-0.25, -0.2) is 4.98 Å². The number of amides is 1. The van der Waals surface area contributed by atoms with E-state index in [1.54, 1.807) is 12.3 Å². The molecular weight excluding hydrogens is 362 g/mol. The first-order valence-corrected chi connectivity index (χ1v) is 9.13. The highest BCUT2D eigenvalue weighted by atomic mass is 16.3. The number of hydrogen-bond donors (Lipinski definition) is 3. The van der Waals surface area contributed by atoms with Crippen molar-refractivity contribution < 1.29 is 9.90 Å². The zero-order valence-corrected chi connectivity index (χ0v) is 15.6. The number of rotatable bonds is 6. The molecule has 3 aromatic rings. The molecule has 1 saturated carbocycles. The first-order valence-electron chi connectivity index (χ1n) is 9.13. The van der Waals surface area contributed by atoms with Crippen molar-refractivity contribution in [2.75, 3.05) is 5.32 Å². The molecule has 10 nitrogen and oxygen atoms in total. The Morgan fingerprint density at radius 2 is 2.11 bits per heavy atom. The second-order valence-corrected chi connectivity index (χ2v) is 7.27. The molecule has 3 N–H and O–H groups in total. The predicted molar refractivity (Wildman–Crippen MR) is 102 cm³/mol. The van der Waals surface area contributed by atoms with Gasteiger partial charge in [-0.2, -0.15) is 4.52 Å². The number of anilines is 2. The fourth-order valence-electron chi connectivity index (χ4n) is 2.94. The number of carbonyl (C=O) groups is 1. The first-order chi connectivity index (χ1) is 13.4. The summed E-state index contributed by atoms with van der Waals surface area (Å²) in [7, 11) is 0. The molecule has 28 heavy (non-hydrogen) atoms. The Kier molecular flexibility index (Phi) is 4.46. The molecule has 0 atom stereocenters. The summed E-state index contributed by atoms with van der Waals surface area (Å²) >= 11 is 0. The lowest BCUT2D eigenvalue weighted by Gasteiger charge is -2.16. The number of fused-ring (bicyclic) bond motifs is 1. The summed E-state index contributed by atoms with van der Waals surface area (Å²) in [5.74, 6) is 0.0560. The topological polar surface area (TPSA) is 126 Å². The molecule has 4 rings (SSSR count). The molecule has 3 aromatic heterocycles. The minimum absolute atomic E-state index is 0.0621. The van der Waals surface area contributed by atoms with E-state index in [1.165, 1.54) is 17.0 Å². The number of nitrogens with one attached hydrogen (secondary N) is 2. The van der Waals surface area contributed by atoms with Crippen LogP contribution in [-0.4, -0.2) is 41.2 Å². The normalized spacial score (nSPS) is 13.8. The van der Waals surface area contributed by atoms with Crippen molar-refractivity contribution in [3.05, 3.63) is 40.6 Å². The van der Waals surface area contributed by atoms with Crippen LogP contribution in [0.25, 0.3) is 5.65 Å².